The van der Waals surface area contributed by atoms with Gasteiger partial charge in [0.2, 0.25) is 10.0 Å². The third kappa shape index (κ3) is 5.04. The Morgan fingerprint density at radius 2 is 1.97 bits per heavy atom. The Balaban J connectivity index is 1.46. The number of sulfonamides is 1. The Labute approximate surface area is 215 Å². The zero-order chi connectivity index (χ0) is 25.3. The van der Waals surface area contributed by atoms with Crippen LogP contribution in [0.3, 0.4) is 0 Å². The van der Waals surface area contributed by atoms with Crippen LogP contribution in [0, 0.1) is 12.8 Å². The number of pyridine rings is 1. The highest BCUT2D eigenvalue weighted by molar-refractivity contribution is 7.89. The lowest BCUT2D eigenvalue weighted by Crippen LogP contribution is -2.39. The van der Waals surface area contributed by atoms with Gasteiger partial charge in [-0.3, -0.25) is 14.7 Å². The number of aryl methyl sites for hydroxylation is 1. The molecule has 1 saturated heterocycles. The largest absolute Gasteiger partial charge is 0.279 e. The molecule has 0 saturated carbocycles. The summed E-state index contributed by atoms with van der Waals surface area (Å²) in [5.74, 6) is 0.0955. The lowest BCUT2D eigenvalue weighted by atomic mass is 10.0. The highest BCUT2D eigenvalue weighted by Crippen LogP contribution is 2.32. The molecule has 1 fully saturated rings. The van der Waals surface area contributed by atoms with E-state index in [4.69, 9.17) is 4.98 Å². The molecule has 36 heavy (non-hydrogen) atoms. The molecule has 1 atom stereocenters. The summed E-state index contributed by atoms with van der Waals surface area (Å²) in [6.07, 6.45) is 5.32. The summed E-state index contributed by atoms with van der Waals surface area (Å²) in [5, 5.41) is 0.587. The van der Waals surface area contributed by atoms with Gasteiger partial charge in [0.15, 0.2) is 5.13 Å². The maximum absolute atomic E-state index is 13.7. The molecular formula is C27H28N4O3S2. The predicted octanol–water partition coefficient (Wildman–Crippen LogP) is 5.27. The van der Waals surface area contributed by atoms with E-state index in [9.17, 15) is 13.2 Å². The second-order valence-electron chi connectivity index (χ2n) is 9.36. The van der Waals surface area contributed by atoms with E-state index in [1.807, 2.05) is 31.2 Å². The van der Waals surface area contributed by atoms with E-state index in [1.165, 1.54) is 23.5 Å². The number of nitrogens with zero attached hydrogens (tertiary/aromatic N) is 4. The standard InChI is InChI=1S/C27H28N4O3S2/c1-19-7-12-24-25(15-19)35-27(29-24)31(18-21-6-3-13-28-16-21)26(32)22-8-10-23(11-9-22)36(33,34)30-14-4-5-20(2)17-30/h3,6-13,15-16,20H,4-5,14,17-18H2,1-2H3. The van der Waals surface area contributed by atoms with Gasteiger partial charge in [0.25, 0.3) is 5.91 Å². The second kappa shape index (κ2) is 10.1. The van der Waals surface area contributed by atoms with Crippen molar-refractivity contribution in [2.75, 3.05) is 18.0 Å². The second-order valence-corrected chi connectivity index (χ2v) is 12.3. The van der Waals surface area contributed by atoms with Crippen LogP contribution in [0.25, 0.3) is 10.2 Å². The van der Waals surface area contributed by atoms with Crippen LogP contribution in [-0.2, 0) is 16.6 Å². The van der Waals surface area contributed by atoms with Gasteiger partial charge in [0, 0.05) is 31.0 Å². The van der Waals surface area contributed by atoms with Gasteiger partial charge in [-0.1, -0.05) is 30.4 Å². The minimum Gasteiger partial charge on any atom is -0.279 e. The van der Waals surface area contributed by atoms with E-state index in [-0.39, 0.29) is 10.8 Å². The highest BCUT2D eigenvalue weighted by Gasteiger charge is 2.29. The van der Waals surface area contributed by atoms with Gasteiger partial charge >= 0.3 is 0 Å². The zero-order valence-corrected chi connectivity index (χ0v) is 21.9. The van der Waals surface area contributed by atoms with Crippen molar-refractivity contribution < 1.29 is 13.2 Å². The molecule has 9 heteroatoms. The molecule has 5 rings (SSSR count). The fourth-order valence-electron chi connectivity index (χ4n) is 4.47. The Hall–Kier alpha value is -3.14. The van der Waals surface area contributed by atoms with E-state index < -0.39 is 10.0 Å². The first-order valence-electron chi connectivity index (χ1n) is 12.0. The maximum atomic E-state index is 13.7. The van der Waals surface area contributed by atoms with Gasteiger partial charge in [0.1, 0.15) is 0 Å². The number of fused-ring (bicyclic) bond motifs is 1. The van der Waals surface area contributed by atoms with Crippen molar-refractivity contribution in [3.05, 3.63) is 83.7 Å². The summed E-state index contributed by atoms with van der Waals surface area (Å²) < 4.78 is 28.9. The summed E-state index contributed by atoms with van der Waals surface area (Å²) in [5.41, 5.74) is 3.24. The minimum atomic E-state index is -3.59. The fourth-order valence-corrected chi connectivity index (χ4v) is 7.13. The molecule has 0 radical (unpaired) electrons. The molecule has 1 unspecified atom stereocenters. The smallest absolute Gasteiger partial charge is 0.260 e. The van der Waals surface area contributed by atoms with Crippen molar-refractivity contribution >= 4 is 42.6 Å². The molecule has 3 heterocycles. The summed E-state index contributed by atoms with van der Waals surface area (Å²) in [6, 6.07) is 16.0. The molecule has 0 aliphatic carbocycles. The number of anilines is 1. The van der Waals surface area contributed by atoms with Crippen molar-refractivity contribution in [2.45, 2.75) is 38.1 Å². The number of carbonyl (C=O) groups excluding carboxylic acids is 1. The Morgan fingerprint density at radius 3 is 2.69 bits per heavy atom. The quantitative estimate of drug-likeness (QED) is 0.346. The topological polar surface area (TPSA) is 83.5 Å². The molecule has 0 spiro atoms. The lowest BCUT2D eigenvalue weighted by molar-refractivity contribution is 0.0985. The van der Waals surface area contributed by atoms with Crippen molar-refractivity contribution in [3.63, 3.8) is 0 Å². The van der Waals surface area contributed by atoms with Crippen LogP contribution >= 0.6 is 11.3 Å². The Morgan fingerprint density at radius 1 is 1.17 bits per heavy atom. The monoisotopic (exact) mass is 520 g/mol. The average molecular weight is 521 g/mol. The van der Waals surface area contributed by atoms with E-state index in [0.29, 0.717) is 36.2 Å². The number of thiazole rings is 1. The number of piperidine rings is 1. The van der Waals surface area contributed by atoms with Crippen LogP contribution < -0.4 is 4.90 Å². The molecule has 0 N–H and O–H groups in total. The summed E-state index contributed by atoms with van der Waals surface area (Å²) in [4.78, 5) is 24.5. The third-order valence-corrected chi connectivity index (χ3v) is 9.35. The van der Waals surface area contributed by atoms with Gasteiger partial charge in [-0.2, -0.15) is 4.31 Å². The van der Waals surface area contributed by atoms with Crippen molar-refractivity contribution in [3.8, 4) is 0 Å². The first-order chi connectivity index (χ1) is 17.3. The minimum absolute atomic E-state index is 0.211. The summed E-state index contributed by atoms with van der Waals surface area (Å²) >= 11 is 1.46. The van der Waals surface area contributed by atoms with Crippen LogP contribution in [0.15, 0.2) is 71.9 Å². The van der Waals surface area contributed by atoms with Crippen LogP contribution in [0.2, 0.25) is 0 Å². The molecule has 0 bridgehead atoms. The molecule has 186 valence electrons. The van der Waals surface area contributed by atoms with Gasteiger partial charge < -0.3 is 0 Å². The molecular weight excluding hydrogens is 492 g/mol. The molecule has 1 amide bonds. The van der Waals surface area contributed by atoms with Crippen LogP contribution in [-0.4, -0.2) is 41.7 Å². The van der Waals surface area contributed by atoms with Crippen LogP contribution in [0.1, 0.15) is 41.3 Å². The van der Waals surface area contributed by atoms with Crippen molar-refractivity contribution in [1.82, 2.24) is 14.3 Å². The van der Waals surface area contributed by atoms with E-state index >= 15 is 0 Å². The SMILES string of the molecule is Cc1ccc2nc(N(Cc3cccnc3)C(=O)c3ccc(S(=O)(=O)N4CCCC(C)C4)cc3)sc2c1. The fraction of sp³-hybridized carbons (Fsp3) is 0.296. The number of amides is 1. The number of aromatic nitrogens is 2. The summed E-state index contributed by atoms with van der Waals surface area (Å²) in [6.45, 7) is 5.46. The molecule has 1 aliphatic heterocycles. The number of benzene rings is 2. The first kappa shape index (κ1) is 24.5. The Bertz CT molecular complexity index is 1480. The summed E-state index contributed by atoms with van der Waals surface area (Å²) in [7, 11) is -3.59. The maximum Gasteiger partial charge on any atom is 0.260 e. The molecule has 2 aromatic heterocycles. The number of hydrogen-bond acceptors (Lipinski definition) is 6. The zero-order valence-electron chi connectivity index (χ0n) is 20.3. The van der Waals surface area contributed by atoms with Gasteiger partial charge in [-0.15, -0.1) is 0 Å². The highest BCUT2D eigenvalue weighted by atomic mass is 32.2. The molecule has 4 aromatic rings. The predicted molar refractivity (Wildman–Crippen MR) is 143 cm³/mol. The number of hydrogen-bond donors (Lipinski definition) is 0. The van der Waals surface area contributed by atoms with Crippen molar-refractivity contribution in [2.24, 2.45) is 5.92 Å². The van der Waals surface area contributed by atoms with Gasteiger partial charge in [0.05, 0.1) is 21.7 Å². The average Bonchev–Trinajstić information content (AvgIpc) is 3.30. The molecule has 7 nitrogen and oxygen atoms in total. The Kier molecular flexibility index (Phi) is 6.87. The van der Waals surface area contributed by atoms with Gasteiger partial charge in [-0.05, 0) is 79.3 Å². The number of rotatable bonds is 6. The molecule has 1 aliphatic rings. The van der Waals surface area contributed by atoms with Crippen LogP contribution in [0.5, 0.6) is 0 Å². The normalized spacial score (nSPS) is 16.8. The van der Waals surface area contributed by atoms with Gasteiger partial charge in [-0.25, -0.2) is 13.4 Å². The number of carbonyl (C=O) groups is 1. The van der Waals surface area contributed by atoms with Crippen LogP contribution in [0.4, 0.5) is 5.13 Å². The lowest BCUT2D eigenvalue weighted by Gasteiger charge is -2.30. The van der Waals surface area contributed by atoms with E-state index in [1.54, 1.807) is 33.7 Å². The van der Waals surface area contributed by atoms with Crippen molar-refractivity contribution in [1.29, 1.82) is 0 Å². The van der Waals surface area contributed by atoms with E-state index in [2.05, 4.69) is 18.0 Å². The van der Waals surface area contributed by atoms with E-state index in [0.717, 1.165) is 34.2 Å². The third-order valence-electron chi connectivity index (χ3n) is 6.43. The first-order valence-corrected chi connectivity index (χ1v) is 14.2. The molecule has 2 aromatic carbocycles.